The SMILES string of the molecule is COc1cccc([C@@H]2C[C@@H](O)CN2C(=O)c2cccnc2)c1. The summed E-state index contributed by atoms with van der Waals surface area (Å²) in [6.07, 6.45) is 3.20. The molecule has 1 aromatic carbocycles. The van der Waals surface area contributed by atoms with Gasteiger partial charge in [0, 0.05) is 18.9 Å². The number of nitrogens with zero attached hydrogens (tertiary/aromatic N) is 2. The van der Waals surface area contributed by atoms with Crippen LogP contribution in [0.3, 0.4) is 0 Å². The highest BCUT2D eigenvalue weighted by molar-refractivity contribution is 5.94. The molecule has 2 aromatic rings. The third-order valence-corrected chi connectivity index (χ3v) is 3.93. The number of aliphatic hydroxyl groups excluding tert-OH is 1. The first-order chi connectivity index (χ1) is 10.7. The van der Waals surface area contributed by atoms with Gasteiger partial charge in [-0.25, -0.2) is 0 Å². The number of aromatic nitrogens is 1. The van der Waals surface area contributed by atoms with Gasteiger partial charge in [0.2, 0.25) is 0 Å². The van der Waals surface area contributed by atoms with Crippen molar-refractivity contribution in [2.75, 3.05) is 13.7 Å². The number of hydrogen-bond donors (Lipinski definition) is 1. The fourth-order valence-electron chi connectivity index (χ4n) is 2.86. The van der Waals surface area contributed by atoms with Crippen molar-refractivity contribution in [3.63, 3.8) is 0 Å². The summed E-state index contributed by atoms with van der Waals surface area (Å²) in [6.45, 7) is 0.329. The van der Waals surface area contributed by atoms with Crippen molar-refractivity contribution in [3.05, 3.63) is 59.9 Å². The number of β-amino-alcohol motifs (C(OH)–C–C–N with tert-alkyl or cyclic N) is 1. The van der Waals surface area contributed by atoms with E-state index in [-0.39, 0.29) is 11.9 Å². The average molecular weight is 298 g/mol. The molecule has 0 radical (unpaired) electrons. The zero-order valence-corrected chi connectivity index (χ0v) is 12.3. The minimum Gasteiger partial charge on any atom is -0.497 e. The van der Waals surface area contributed by atoms with Gasteiger partial charge in [0.15, 0.2) is 0 Å². The van der Waals surface area contributed by atoms with E-state index in [9.17, 15) is 9.90 Å². The molecule has 114 valence electrons. The molecule has 3 rings (SSSR count). The molecule has 0 spiro atoms. The smallest absolute Gasteiger partial charge is 0.256 e. The van der Waals surface area contributed by atoms with Crippen molar-refractivity contribution in [1.82, 2.24) is 9.88 Å². The van der Waals surface area contributed by atoms with Crippen molar-refractivity contribution in [3.8, 4) is 5.75 Å². The fraction of sp³-hybridized carbons (Fsp3) is 0.294. The lowest BCUT2D eigenvalue weighted by atomic mass is 10.0. The topological polar surface area (TPSA) is 62.7 Å². The number of carbonyl (C=O) groups is 1. The highest BCUT2D eigenvalue weighted by Crippen LogP contribution is 2.34. The normalized spacial score (nSPS) is 20.9. The van der Waals surface area contributed by atoms with Crippen molar-refractivity contribution < 1.29 is 14.6 Å². The highest BCUT2D eigenvalue weighted by Gasteiger charge is 2.35. The summed E-state index contributed by atoms with van der Waals surface area (Å²) >= 11 is 0. The molecule has 1 aliphatic rings. The number of aliphatic hydroxyl groups is 1. The van der Waals surface area contributed by atoms with Gasteiger partial charge in [0.05, 0.1) is 24.8 Å². The number of hydrogen-bond acceptors (Lipinski definition) is 4. The quantitative estimate of drug-likeness (QED) is 0.942. The Bertz CT molecular complexity index is 660. The van der Waals surface area contributed by atoms with E-state index in [1.807, 2.05) is 24.3 Å². The lowest BCUT2D eigenvalue weighted by molar-refractivity contribution is 0.0715. The van der Waals surface area contributed by atoms with Gasteiger partial charge in [-0.05, 0) is 36.2 Å². The first-order valence-electron chi connectivity index (χ1n) is 7.22. The molecule has 22 heavy (non-hydrogen) atoms. The van der Waals surface area contributed by atoms with Crippen molar-refractivity contribution >= 4 is 5.91 Å². The van der Waals surface area contributed by atoms with E-state index in [1.165, 1.54) is 0 Å². The number of amides is 1. The van der Waals surface area contributed by atoms with Crippen LogP contribution < -0.4 is 4.74 Å². The number of carbonyl (C=O) groups excluding carboxylic acids is 1. The number of benzene rings is 1. The number of ether oxygens (including phenoxy) is 1. The van der Waals surface area contributed by atoms with E-state index in [2.05, 4.69) is 4.98 Å². The van der Waals surface area contributed by atoms with Crippen LogP contribution in [0.1, 0.15) is 28.4 Å². The van der Waals surface area contributed by atoms with Crippen LogP contribution in [-0.2, 0) is 0 Å². The Morgan fingerprint density at radius 2 is 2.23 bits per heavy atom. The molecule has 1 amide bonds. The maximum atomic E-state index is 12.7. The van der Waals surface area contributed by atoms with Gasteiger partial charge in [-0.1, -0.05) is 12.1 Å². The largest absolute Gasteiger partial charge is 0.497 e. The molecule has 1 aromatic heterocycles. The number of methoxy groups -OCH3 is 1. The van der Waals surface area contributed by atoms with E-state index >= 15 is 0 Å². The van der Waals surface area contributed by atoms with Crippen LogP contribution in [0.15, 0.2) is 48.8 Å². The Kier molecular flexibility index (Phi) is 4.06. The lowest BCUT2D eigenvalue weighted by Crippen LogP contribution is -2.31. The molecule has 0 bridgehead atoms. The third-order valence-electron chi connectivity index (χ3n) is 3.93. The third kappa shape index (κ3) is 2.80. The van der Waals surface area contributed by atoms with Gasteiger partial charge in [-0.3, -0.25) is 9.78 Å². The number of rotatable bonds is 3. The highest BCUT2D eigenvalue weighted by atomic mass is 16.5. The summed E-state index contributed by atoms with van der Waals surface area (Å²) in [5.41, 5.74) is 1.50. The Morgan fingerprint density at radius 3 is 2.95 bits per heavy atom. The predicted molar refractivity (Wildman–Crippen MR) is 81.6 cm³/mol. The van der Waals surface area contributed by atoms with E-state index in [1.54, 1.807) is 36.5 Å². The molecule has 1 saturated heterocycles. The Labute approximate surface area is 129 Å². The second-order valence-corrected chi connectivity index (χ2v) is 5.38. The van der Waals surface area contributed by atoms with E-state index in [4.69, 9.17) is 4.74 Å². The molecule has 2 heterocycles. The van der Waals surface area contributed by atoms with Gasteiger partial charge < -0.3 is 14.7 Å². The Morgan fingerprint density at radius 1 is 1.36 bits per heavy atom. The molecule has 5 nitrogen and oxygen atoms in total. The molecule has 0 unspecified atom stereocenters. The molecule has 1 aliphatic heterocycles. The first kappa shape index (κ1) is 14.5. The maximum Gasteiger partial charge on any atom is 0.256 e. The van der Waals surface area contributed by atoms with Gasteiger partial charge in [-0.2, -0.15) is 0 Å². The van der Waals surface area contributed by atoms with Crippen molar-refractivity contribution in [2.45, 2.75) is 18.6 Å². The lowest BCUT2D eigenvalue weighted by Gasteiger charge is -2.25. The number of pyridine rings is 1. The van der Waals surface area contributed by atoms with Crippen LogP contribution in [0, 0.1) is 0 Å². The Balaban J connectivity index is 1.90. The molecule has 0 saturated carbocycles. The molecule has 1 fully saturated rings. The second-order valence-electron chi connectivity index (χ2n) is 5.38. The maximum absolute atomic E-state index is 12.7. The second kappa shape index (κ2) is 6.15. The molecule has 5 heteroatoms. The van der Waals surface area contributed by atoms with Crippen LogP contribution in [0.4, 0.5) is 0 Å². The van der Waals surface area contributed by atoms with Crippen LogP contribution in [0.5, 0.6) is 5.75 Å². The summed E-state index contributed by atoms with van der Waals surface area (Å²) in [7, 11) is 1.61. The van der Waals surface area contributed by atoms with E-state index < -0.39 is 6.10 Å². The molecule has 2 atom stereocenters. The summed E-state index contributed by atoms with van der Waals surface area (Å²) in [5.74, 6) is 0.630. The predicted octanol–water partition coefficient (Wildman–Crippen LogP) is 2.04. The fourth-order valence-corrected chi connectivity index (χ4v) is 2.86. The van der Waals surface area contributed by atoms with Crippen LogP contribution in [-0.4, -0.2) is 40.7 Å². The van der Waals surface area contributed by atoms with E-state index in [0.29, 0.717) is 18.5 Å². The summed E-state index contributed by atoms with van der Waals surface area (Å²) in [4.78, 5) is 18.4. The summed E-state index contributed by atoms with van der Waals surface area (Å²) in [5, 5.41) is 10.0. The van der Waals surface area contributed by atoms with Gasteiger partial charge in [0.1, 0.15) is 5.75 Å². The standard InChI is InChI=1S/C17H18N2O3/c1-22-15-6-2-4-12(8-15)16-9-14(20)11-19(16)17(21)13-5-3-7-18-10-13/h2-8,10,14,16,20H,9,11H2,1H3/t14-,16+/m1/s1. The number of likely N-dealkylation sites (tertiary alicyclic amines) is 1. The summed E-state index contributed by atoms with van der Waals surface area (Å²) in [6, 6.07) is 10.9. The van der Waals surface area contributed by atoms with Crippen LogP contribution >= 0.6 is 0 Å². The molecular formula is C17H18N2O3. The van der Waals surface area contributed by atoms with Gasteiger partial charge in [0.25, 0.3) is 5.91 Å². The first-order valence-corrected chi connectivity index (χ1v) is 7.22. The van der Waals surface area contributed by atoms with Gasteiger partial charge in [-0.15, -0.1) is 0 Å². The molecule has 1 N–H and O–H groups in total. The van der Waals surface area contributed by atoms with E-state index in [0.717, 1.165) is 11.3 Å². The van der Waals surface area contributed by atoms with Crippen molar-refractivity contribution in [2.24, 2.45) is 0 Å². The monoisotopic (exact) mass is 298 g/mol. The van der Waals surface area contributed by atoms with Gasteiger partial charge >= 0.3 is 0 Å². The summed E-state index contributed by atoms with van der Waals surface area (Å²) < 4.78 is 5.25. The molecular weight excluding hydrogens is 280 g/mol. The zero-order valence-electron chi connectivity index (χ0n) is 12.3. The zero-order chi connectivity index (χ0) is 15.5. The minimum atomic E-state index is -0.517. The van der Waals surface area contributed by atoms with Crippen LogP contribution in [0.25, 0.3) is 0 Å². The average Bonchev–Trinajstić information content (AvgIpc) is 2.97. The minimum absolute atomic E-state index is 0.113. The molecule has 0 aliphatic carbocycles. The van der Waals surface area contributed by atoms with Crippen LogP contribution in [0.2, 0.25) is 0 Å². The Hall–Kier alpha value is -2.40. The van der Waals surface area contributed by atoms with Crippen molar-refractivity contribution in [1.29, 1.82) is 0 Å².